The van der Waals surface area contributed by atoms with Crippen molar-refractivity contribution in [1.29, 1.82) is 0 Å². The maximum absolute atomic E-state index is 13.0. The summed E-state index contributed by atoms with van der Waals surface area (Å²) in [5, 5.41) is 2.96. The molecule has 0 aliphatic heterocycles. The van der Waals surface area contributed by atoms with Gasteiger partial charge in [-0.1, -0.05) is 61.9 Å². The van der Waals surface area contributed by atoms with Gasteiger partial charge in [0.1, 0.15) is 6.04 Å². The van der Waals surface area contributed by atoms with Crippen LogP contribution in [0, 0.1) is 0 Å². The molecule has 0 unspecified atom stereocenters. The molecule has 0 heterocycles. The molecule has 0 aliphatic rings. The monoisotopic (exact) mass is 412 g/mol. The zero-order chi connectivity index (χ0) is 20.9. The van der Waals surface area contributed by atoms with Crippen molar-refractivity contribution in [3.63, 3.8) is 0 Å². The van der Waals surface area contributed by atoms with E-state index in [0.717, 1.165) is 24.2 Å². The molecule has 5 heteroatoms. The molecule has 0 aliphatic carbocycles. The fourth-order valence-corrected chi connectivity index (χ4v) is 3.88. The van der Waals surface area contributed by atoms with Gasteiger partial charge < -0.3 is 10.2 Å². The van der Waals surface area contributed by atoms with Gasteiger partial charge in [0.2, 0.25) is 11.8 Å². The van der Waals surface area contributed by atoms with Crippen LogP contribution in [0.3, 0.4) is 0 Å². The lowest BCUT2D eigenvalue weighted by atomic mass is 10.1. The maximum Gasteiger partial charge on any atom is 0.242 e. The molecule has 0 saturated heterocycles. The normalized spacial score (nSPS) is 11.7. The minimum Gasteiger partial charge on any atom is -0.354 e. The van der Waals surface area contributed by atoms with Gasteiger partial charge in [0.25, 0.3) is 0 Å². The van der Waals surface area contributed by atoms with Crippen LogP contribution in [0.15, 0.2) is 65.6 Å². The van der Waals surface area contributed by atoms with Crippen molar-refractivity contribution in [1.82, 2.24) is 10.2 Å². The summed E-state index contributed by atoms with van der Waals surface area (Å²) in [5.74, 6) is 0.660. The highest BCUT2D eigenvalue weighted by Crippen LogP contribution is 2.19. The third-order valence-electron chi connectivity index (χ3n) is 4.81. The summed E-state index contributed by atoms with van der Waals surface area (Å²) >= 11 is 1.67. The largest absolute Gasteiger partial charge is 0.354 e. The van der Waals surface area contributed by atoms with Crippen molar-refractivity contribution in [2.75, 3.05) is 18.8 Å². The summed E-state index contributed by atoms with van der Waals surface area (Å²) < 4.78 is 0. The van der Waals surface area contributed by atoms with Crippen LogP contribution in [0.5, 0.6) is 0 Å². The Morgan fingerprint density at radius 2 is 1.69 bits per heavy atom. The van der Waals surface area contributed by atoms with Crippen molar-refractivity contribution >= 4 is 23.6 Å². The molecule has 2 aromatic rings. The van der Waals surface area contributed by atoms with E-state index in [-0.39, 0.29) is 11.8 Å². The van der Waals surface area contributed by atoms with Gasteiger partial charge in [-0.15, -0.1) is 11.8 Å². The molecule has 0 aromatic heterocycles. The first-order valence-corrected chi connectivity index (χ1v) is 11.4. The maximum atomic E-state index is 13.0. The molecule has 0 spiro atoms. The number of hydrogen-bond acceptors (Lipinski definition) is 3. The predicted molar refractivity (Wildman–Crippen MR) is 121 cm³/mol. The van der Waals surface area contributed by atoms with Crippen LogP contribution in [0.4, 0.5) is 0 Å². The molecule has 1 N–H and O–H groups in total. The Hall–Kier alpha value is -2.27. The van der Waals surface area contributed by atoms with E-state index < -0.39 is 6.04 Å². The van der Waals surface area contributed by atoms with E-state index in [0.29, 0.717) is 25.3 Å². The summed E-state index contributed by atoms with van der Waals surface area (Å²) in [6, 6.07) is 19.7. The van der Waals surface area contributed by atoms with Crippen molar-refractivity contribution in [2.24, 2.45) is 0 Å². The molecule has 0 radical (unpaired) electrons. The zero-order valence-corrected chi connectivity index (χ0v) is 18.3. The minimum atomic E-state index is -0.468. The van der Waals surface area contributed by atoms with E-state index in [1.807, 2.05) is 55.5 Å². The number of unbranched alkanes of at least 4 members (excludes halogenated alkanes) is 1. The molecule has 2 aromatic carbocycles. The lowest BCUT2D eigenvalue weighted by Gasteiger charge is -2.29. The number of thioether (sulfide) groups is 1. The Labute approximate surface area is 179 Å². The van der Waals surface area contributed by atoms with E-state index in [9.17, 15) is 9.59 Å². The van der Waals surface area contributed by atoms with Gasteiger partial charge in [-0.25, -0.2) is 0 Å². The number of nitrogens with zero attached hydrogens (tertiary/aromatic N) is 1. The Balaban J connectivity index is 1.95. The number of nitrogens with one attached hydrogen (secondary N) is 1. The molecular weight excluding hydrogens is 380 g/mol. The highest BCUT2D eigenvalue weighted by Gasteiger charge is 2.25. The van der Waals surface area contributed by atoms with E-state index in [4.69, 9.17) is 0 Å². The van der Waals surface area contributed by atoms with E-state index in [2.05, 4.69) is 24.4 Å². The van der Waals surface area contributed by atoms with E-state index >= 15 is 0 Å². The van der Waals surface area contributed by atoms with Gasteiger partial charge in [0.05, 0.1) is 0 Å². The topological polar surface area (TPSA) is 49.4 Å². The highest BCUT2D eigenvalue weighted by atomic mass is 32.2. The summed E-state index contributed by atoms with van der Waals surface area (Å²) in [6.07, 6.45) is 3.14. The van der Waals surface area contributed by atoms with Crippen molar-refractivity contribution in [2.45, 2.75) is 50.5 Å². The lowest BCUT2D eigenvalue weighted by Crippen LogP contribution is -2.49. The third-order valence-corrected chi connectivity index (χ3v) is 5.82. The number of rotatable bonds is 12. The number of carbonyl (C=O) groups is 2. The standard InChI is InChI=1S/C24H32N2O2S/c1-3-4-17-25-24(28)20(2)26(18-15-21-11-7-5-8-12-21)23(27)16-19-29-22-13-9-6-10-14-22/h5-14,20H,3-4,15-19H2,1-2H3,(H,25,28)/t20-/m1/s1. The second-order valence-corrected chi connectivity index (χ2v) is 8.22. The summed E-state index contributed by atoms with van der Waals surface area (Å²) in [7, 11) is 0. The van der Waals surface area contributed by atoms with Crippen LogP contribution in [0.1, 0.15) is 38.7 Å². The predicted octanol–water partition coefficient (Wildman–Crippen LogP) is 4.54. The fourth-order valence-electron chi connectivity index (χ4n) is 3.02. The molecule has 2 amide bonds. The Morgan fingerprint density at radius 3 is 2.34 bits per heavy atom. The van der Waals surface area contributed by atoms with Gasteiger partial charge in [-0.3, -0.25) is 9.59 Å². The highest BCUT2D eigenvalue weighted by molar-refractivity contribution is 7.99. The number of benzene rings is 2. The number of carbonyl (C=O) groups excluding carboxylic acids is 2. The molecule has 4 nitrogen and oxygen atoms in total. The summed E-state index contributed by atoms with van der Waals surface area (Å²) in [6.45, 7) is 5.12. The third kappa shape index (κ3) is 8.32. The molecule has 1 atom stereocenters. The second-order valence-electron chi connectivity index (χ2n) is 7.05. The Bertz CT molecular complexity index is 737. The summed E-state index contributed by atoms with van der Waals surface area (Å²) in [4.78, 5) is 28.4. The molecule has 0 fully saturated rings. The van der Waals surface area contributed by atoms with Gasteiger partial charge in [0, 0.05) is 30.2 Å². The SMILES string of the molecule is CCCCNC(=O)[C@@H](C)N(CCc1ccccc1)C(=O)CCSc1ccccc1. The average Bonchev–Trinajstić information content (AvgIpc) is 2.75. The van der Waals surface area contributed by atoms with Gasteiger partial charge in [-0.05, 0) is 37.5 Å². The van der Waals surface area contributed by atoms with Gasteiger partial charge in [0.15, 0.2) is 0 Å². The smallest absolute Gasteiger partial charge is 0.242 e. The van der Waals surface area contributed by atoms with E-state index in [1.165, 1.54) is 5.56 Å². The second kappa shape index (κ2) is 13.0. The minimum absolute atomic E-state index is 0.0301. The quantitative estimate of drug-likeness (QED) is 0.411. The van der Waals surface area contributed by atoms with E-state index in [1.54, 1.807) is 16.7 Å². The molecular formula is C24H32N2O2S. The van der Waals surface area contributed by atoms with Crippen LogP contribution in [-0.2, 0) is 16.0 Å². The lowest BCUT2D eigenvalue weighted by molar-refractivity contribution is -0.139. The molecule has 0 bridgehead atoms. The first-order chi connectivity index (χ1) is 14.1. The van der Waals surface area contributed by atoms with Crippen molar-refractivity contribution in [3.8, 4) is 0 Å². The van der Waals surface area contributed by atoms with Crippen LogP contribution in [0.25, 0.3) is 0 Å². The number of hydrogen-bond donors (Lipinski definition) is 1. The molecule has 29 heavy (non-hydrogen) atoms. The van der Waals surface area contributed by atoms with Crippen LogP contribution in [-0.4, -0.2) is 41.6 Å². The van der Waals surface area contributed by atoms with Crippen LogP contribution >= 0.6 is 11.8 Å². The molecule has 0 saturated carbocycles. The Morgan fingerprint density at radius 1 is 1.03 bits per heavy atom. The first kappa shape index (κ1) is 23.0. The Kier molecular flexibility index (Phi) is 10.4. The van der Waals surface area contributed by atoms with Crippen molar-refractivity contribution in [3.05, 3.63) is 66.2 Å². The fraction of sp³-hybridized carbons (Fsp3) is 0.417. The first-order valence-electron chi connectivity index (χ1n) is 10.4. The zero-order valence-electron chi connectivity index (χ0n) is 17.5. The summed E-state index contributed by atoms with van der Waals surface area (Å²) in [5.41, 5.74) is 1.17. The van der Waals surface area contributed by atoms with Crippen molar-refractivity contribution < 1.29 is 9.59 Å². The van der Waals surface area contributed by atoms with Crippen LogP contribution in [0.2, 0.25) is 0 Å². The van der Waals surface area contributed by atoms with Crippen LogP contribution < -0.4 is 5.32 Å². The number of amides is 2. The van der Waals surface area contributed by atoms with Gasteiger partial charge in [-0.2, -0.15) is 0 Å². The molecule has 156 valence electrons. The molecule has 2 rings (SSSR count). The van der Waals surface area contributed by atoms with Gasteiger partial charge >= 0.3 is 0 Å². The average molecular weight is 413 g/mol.